The Morgan fingerprint density at radius 3 is 2.59 bits per heavy atom. The number of anilines is 1. The van der Waals surface area contributed by atoms with E-state index in [9.17, 15) is 9.59 Å². The van der Waals surface area contributed by atoms with Crippen LogP contribution in [-0.4, -0.2) is 34.6 Å². The van der Waals surface area contributed by atoms with Crippen LogP contribution in [0.3, 0.4) is 0 Å². The molecule has 2 fully saturated rings. The molecule has 2 saturated carbocycles. The quantitative estimate of drug-likeness (QED) is 0.525. The lowest BCUT2D eigenvalue weighted by Gasteiger charge is -2.34. The summed E-state index contributed by atoms with van der Waals surface area (Å²) in [4.78, 5) is 32.0. The fourth-order valence-electron chi connectivity index (χ4n) is 6.79. The second-order valence-electron chi connectivity index (χ2n) is 10.9. The molecule has 1 aromatic heterocycles. The van der Waals surface area contributed by atoms with Crippen molar-refractivity contribution in [3.05, 3.63) is 23.5 Å². The van der Waals surface area contributed by atoms with Gasteiger partial charge in [-0.25, -0.2) is 9.78 Å². The number of hydrogen-bond acceptors (Lipinski definition) is 4. The number of aryl methyl sites for hydroxylation is 1. The minimum absolute atomic E-state index is 0.107. The van der Waals surface area contributed by atoms with E-state index in [-0.39, 0.29) is 18.1 Å². The summed E-state index contributed by atoms with van der Waals surface area (Å²) >= 11 is 0. The number of imidazole rings is 1. The predicted molar refractivity (Wildman–Crippen MR) is 134 cm³/mol. The molecule has 3 aliphatic rings. The van der Waals surface area contributed by atoms with Crippen LogP contribution in [0.1, 0.15) is 95.5 Å². The largest absolute Gasteiger partial charge is 0.452 e. The van der Waals surface area contributed by atoms with Crippen LogP contribution in [-0.2, 0) is 22.4 Å². The summed E-state index contributed by atoms with van der Waals surface area (Å²) in [6.07, 6.45) is 13.2. The molecule has 0 spiro atoms. The van der Waals surface area contributed by atoms with Crippen LogP contribution >= 0.6 is 0 Å². The van der Waals surface area contributed by atoms with Crippen molar-refractivity contribution in [3.63, 3.8) is 0 Å². The number of aromatic nitrogens is 2. The number of hydrogen-bond donors (Lipinski definition) is 0. The molecule has 0 radical (unpaired) electrons. The van der Waals surface area contributed by atoms with E-state index in [1.54, 1.807) is 11.8 Å². The molecular formula is C28H39N3O3. The number of rotatable bonds is 4. The summed E-state index contributed by atoms with van der Waals surface area (Å²) in [6.45, 7) is 3.84. The van der Waals surface area contributed by atoms with Crippen LogP contribution in [0.2, 0.25) is 0 Å². The van der Waals surface area contributed by atoms with Gasteiger partial charge in [0.05, 0.1) is 23.8 Å². The molecule has 6 heteroatoms. The average Bonchev–Trinajstić information content (AvgIpc) is 3.22. The first-order valence-corrected chi connectivity index (χ1v) is 13.4. The molecule has 0 unspecified atom stereocenters. The Morgan fingerprint density at radius 2 is 1.85 bits per heavy atom. The molecule has 1 aromatic carbocycles. The fourth-order valence-corrected chi connectivity index (χ4v) is 6.79. The standard InChI is InChI=1S/C28H39N3O3/c1-18-12-13-23-24(30(18)28(33)34-3)14-15-25-27(23)29-26(16-20-8-5-4-6-9-20)31(25)22-11-7-10-21(17-22)19(2)32/h14-15,18,20-22H,4-13,16-17H2,1-3H3/t18-,21+,22+/m0/s1. The van der Waals surface area contributed by atoms with Crippen LogP contribution in [0.4, 0.5) is 10.5 Å². The van der Waals surface area contributed by atoms with Gasteiger partial charge in [-0.05, 0) is 64.0 Å². The highest BCUT2D eigenvalue weighted by molar-refractivity contribution is 5.95. The van der Waals surface area contributed by atoms with Gasteiger partial charge in [-0.15, -0.1) is 0 Å². The third-order valence-corrected chi connectivity index (χ3v) is 8.68. The molecule has 34 heavy (non-hydrogen) atoms. The maximum Gasteiger partial charge on any atom is 0.414 e. The molecule has 0 bridgehead atoms. The monoisotopic (exact) mass is 465 g/mol. The zero-order valence-corrected chi connectivity index (χ0v) is 21.0. The van der Waals surface area contributed by atoms with Crippen LogP contribution in [0.25, 0.3) is 11.0 Å². The molecular weight excluding hydrogens is 426 g/mol. The summed E-state index contributed by atoms with van der Waals surface area (Å²) in [5.41, 5.74) is 4.34. The van der Waals surface area contributed by atoms with Gasteiger partial charge in [0, 0.05) is 30.0 Å². The van der Waals surface area contributed by atoms with E-state index >= 15 is 0 Å². The summed E-state index contributed by atoms with van der Waals surface area (Å²) in [5.74, 6) is 2.36. The van der Waals surface area contributed by atoms with Crippen molar-refractivity contribution in [3.8, 4) is 0 Å². The number of benzene rings is 1. The number of amides is 1. The number of carbonyl (C=O) groups excluding carboxylic acids is 2. The Balaban J connectivity index is 1.60. The van der Waals surface area contributed by atoms with Crippen molar-refractivity contribution in [1.82, 2.24) is 9.55 Å². The molecule has 2 aromatic rings. The zero-order chi connectivity index (χ0) is 23.8. The predicted octanol–water partition coefficient (Wildman–Crippen LogP) is 6.39. The van der Waals surface area contributed by atoms with Gasteiger partial charge in [-0.2, -0.15) is 0 Å². The molecule has 1 amide bonds. The first-order valence-electron chi connectivity index (χ1n) is 13.4. The van der Waals surface area contributed by atoms with E-state index in [0.29, 0.717) is 17.7 Å². The minimum Gasteiger partial charge on any atom is -0.452 e. The van der Waals surface area contributed by atoms with E-state index in [4.69, 9.17) is 9.72 Å². The Hall–Kier alpha value is -2.37. The van der Waals surface area contributed by atoms with Crippen molar-refractivity contribution in [2.75, 3.05) is 12.0 Å². The number of methoxy groups -OCH3 is 1. The SMILES string of the molecule is COC(=O)N1c2ccc3c(nc(CC4CCCCC4)n3[C@@H]3CCC[C@@H](C(C)=O)C3)c2CC[C@@H]1C. The first kappa shape index (κ1) is 23.4. The second-order valence-corrected chi connectivity index (χ2v) is 10.9. The molecule has 5 rings (SSSR count). The van der Waals surface area contributed by atoms with Crippen molar-refractivity contribution >= 4 is 28.6 Å². The van der Waals surface area contributed by atoms with E-state index in [2.05, 4.69) is 23.6 Å². The minimum atomic E-state index is -0.300. The molecule has 2 aliphatic carbocycles. The summed E-state index contributed by atoms with van der Waals surface area (Å²) in [7, 11) is 1.45. The van der Waals surface area contributed by atoms with E-state index in [1.165, 1.54) is 56.1 Å². The van der Waals surface area contributed by atoms with Crippen LogP contribution in [0.5, 0.6) is 0 Å². The van der Waals surface area contributed by atoms with Gasteiger partial charge in [0.15, 0.2) is 0 Å². The zero-order valence-electron chi connectivity index (χ0n) is 21.0. The number of ketones is 1. The van der Waals surface area contributed by atoms with Gasteiger partial charge in [-0.3, -0.25) is 9.69 Å². The van der Waals surface area contributed by atoms with E-state index < -0.39 is 0 Å². The normalized spacial score (nSPS) is 25.9. The van der Waals surface area contributed by atoms with Gasteiger partial charge in [0.2, 0.25) is 0 Å². The van der Waals surface area contributed by atoms with E-state index in [0.717, 1.165) is 56.1 Å². The number of nitrogens with zero attached hydrogens (tertiary/aromatic N) is 3. The summed E-state index contributed by atoms with van der Waals surface area (Å²) < 4.78 is 7.62. The molecule has 1 aliphatic heterocycles. The van der Waals surface area contributed by atoms with Gasteiger partial charge >= 0.3 is 6.09 Å². The maximum atomic E-state index is 12.6. The van der Waals surface area contributed by atoms with Crippen molar-refractivity contribution < 1.29 is 14.3 Å². The fraction of sp³-hybridized carbons (Fsp3) is 0.679. The molecule has 2 heterocycles. The highest BCUT2D eigenvalue weighted by Gasteiger charge is 2.34. The highest BCUT2D eigenvalue weighted by atomic mass is 16.5. The van der Waals surface area contributed by atoms with Gasteiger partial charge in [-0.1, -0.05) is 38.5 Å². The highest BCUT2D eigenvalue weighted by Crippen LogP contribution is 2.41. The molecule has 0 saturated heterocycles. The third kappa shape index (κ3) is 4.25. The number of carbonyl (C=O) groups is 2. The van der Waals surface area contributed by atoms with E-state index in [1.807, 2.05) is 0 Å². The number of Topliss-reactive ketones (excluding diaryl/α,β-unsaturated/α-hetero) is 1. The Morgan fingerprint density at radius 1 is 1.06 bits per heavy atom. The summed E-state index contributed by atoms with van der Waals surface area (Å²) in [6, 6.07) is 4.69. The van der Waals surface area contributed by atoms with Crippen LogP contribution in [0.15, 0.2) is 12.1 Å². The summed E-state index contributed by atoms with van der Waals surface area (Å²) in [5, 5.41) is 0. The number of ether oxygens (including phenoxy) is 1. The smallest absolute Gasteiger partial charge is 0.414 e. The first-order chi connectivity index (χ1) is 16.5. The lowest BCUT2D eigenvalue weighted by molar-refractivity contribution is -0.122. The van der Waals surface area contributed by atoms with Gasteiger partial charge < -0.3 is 9.30 Å². The van der Waals surface area contributed by atoms with Gasteiger partial charge in [0.1, 0.15) is 11.6 Å². The molecule has 184 valence electrons. The lowest BCUT2D eigenvalue weighted by Crippen LogP contribution is -2.42. The molecule has 0 N–H and O–H groups in total. The second kappa shape index (κ2) is 9.71. The van der Waals surface area contributed by atoms with Crippen LogP contribution < -0.4 is 4.90 Å². The Bertz CT molecular complexity index is 1070. The molecule has 6 nitrogen and oxygen atoms in total. The van der Waals surface area contributed by atoms with Crippen molar-refractivity contribution in [2.24, 2.45) is 11.8 Å². The topological polar surface area (TPSA) is 64.4 Å². The number of fused-ring (bicyclic) bond motifs is 3. The average molecular weight is 466 g/mol. The Labute approximate surface area is 203 Å². The third-order valence-electron chi connectivity index (χ3n) is 8.68. The van der Waals surface area contributed by atoms with Crippen LogP contribution in [0, 0.1) is 11.8 Å². The van der Waals surface area contributed by atoms with Crippen molar-refractivity contribution in [2.45, 2.75) is 103 Å². The molecule has 3 atom stereocenters. The Kier molecular flexibility index (Phi) is 6.67. The van der Waals surface area contributed by atoms with Crippen molar-refractivity contribution in [1.29, 1.82) is 0 Å². The maximum absolute atomic E-state index is 12.6. The van der Waals surface area contributed by atoms with Gasteiger partial charge in [0.25, 0.3) is 0 Å². The lowest BCUT2D eigenvalue weighted by atomic mass is 9.83.